The standard InChI is InChI=1S/C15H9ClFNO3/c16-10-4-2-5-11(17)9(10)7-13-18-12-6-1-3-8(15(19)20)14(12)21-13/h1-6H,7H2,(H,19,20). The van der Waals surface area contributed by atoms with Crippen LogP contribution in [0.2, 0.25) is 5.02 Å². The van der Waals surface area contributed by atoms with Crippen LogP contribution in [-0.4, -0.2) is 16.1 Å². The predicted octanol–water partition coefficient (Wildman–Crippen LogP) is 3.91. The van der Waals surface area contributed by atoms with E-state index in [1.54, 1.807) is 18.2 Å². The molecular formula is C15H9ClFNO3. The van der Waals surface area contributed by atoms with Gasteiger partial charge in [0.1, 0.15) is 16.9 Å². The second-order valence-electron chi connectivity index (χ2n) is 4.44. The van der Waals surface area contributed by atoms with Crippen LogP contribution >= 0.6 is 11.6 Å². The fraction of sp³-hybridized carbons (Fsp3) is 0.0667. The molecule has 3 rings (SSSR count). The minimum atomic E-state index is -1.10. The van der Waals surface area contributed by atoms with E-state index in [9.17, 15) is 9.18 Å². The zero-order chi connectivity index (χ0) is 15.0. The lowest BCUT2D eigenvalue weighted by atomic mass is 10.1. The molecule has 0 saturated carbocycles. The number of hydrogen-bond acceptors (Lipinski definition) is 3. The van der Waals surface area contributed by atoms with E-state index in [4.69, 9.17) is 21.1 Å². The fourth-order valence-electron chi connectivity index (χ4n) is 2.09. The van der Waals surface area contributed by atoms with Gasteiger partial charge in [-0.2, -0.15) is 0 Å². The molecule has 1 aromatic heterocycles. The summed E-state index contributed by atoms with van der Waals surface area (Å²) in [5.74, 6) is -1.35. The van der Waals surface area contributed by atoms with Crippen LogP contribution in [0, 0.1) is 5.82 Å². The number of carboxylic acids is 1. The number of hydrogen-bond donors (Lipinski definition) is 1. The van der Waals surface area contributed by atoms with Gasteiger partial charge in [-0.05, 0) is 24.3 Å². The highest BCUT2D eigenvalue weighted by Gasteiger charge is 2.16. The van der Waals surface area contributed by atoms with Gasteiger partial charge >= 0.3 is 5.97 Å². The van der Waals surface area contributed by atoms with Crippen molar-refractivity contribution >= 4 is 28.7 Å². The Kier molecular flexibility index (Phi) is 3.35. The number of aromatic carboxylic acids is 1. The number of benzene rings is 2. The van der Waals surface area contributed by atoms with Crippen molar-refractivity contribution < 1.29 is 18.7 Å². The number of rotatable bonds is 3. The van der Waals surface area contributed by atoms with E-state index in [1.165, 1.54) is 18.2 Å². The maximum atomic E-state index is 13.8. The molecule has 0 amide bonds. The second kappa shape index (κ2) is 5.18. The van der Waals surface area contributed by atoms with Crippen molar-refractivity contribution in [1.82, 2.24) is 4.98 Å². The first kappa shape index (κ1) is 13.6. The number of para-hydroxylation sites is 1. The molecule has 0 aliphatic heterocycles. The molecule has 0 unspecified atom stereocenters. The molecule has 1 heterocycles. The lowest BCUT2D eigenvalue weighted by molar-refractivity contribution is 0.0698. The second-order valence-corrected chi connectivity index (χ2v) is 4.85. The summed E-state index contributed by atoms with van der Waals surface area (Å²) >= 11 is 5.96. The van der Waals surface area contributed by atoms with Crippen molar-refractivity contribution in [1.29, 1.82) is 0 Å². The van der Waals surface area contributed by atoms with E-state index in [1.807, 2.05) is 0 Å². The molecule has 0 saturated heterocycles. The summed E-state index contributed by atoms with van der Waals surface area (Å²) in [6.45, 7) is 0. The molecule has 0 spiro atoms. The maximum absolute atomic E-state index is 13.8. The molecule has 21 heavy (non-hydrogen) atoms. The first-order valence-corrected chi connectivity index (χ1v) is 6.48. The highest BCUT2D eigenvalue weighted by Crippen LogP contribution is 2.25. The largest absolute Gasteiger partial charge is 0.478 e. The average Bonchev–Trinajstić information content (AvgIpc) is 2.85. The Morgan fingerprint density at radius 1 is 1.29 bits per heavy atom. The summed E-state index contributed by atoms with van der Waals surface area (Å²) in [7, 11) is 0. The number of aromatic nitrogens is 1. The van der Waals surface area contributed by atoms with E-state index < -0.39 is 11.8 Å². The third kappa shape index (κ3) is 2.48. The van der Waals surface area contributed by atoms with Gasteiger partial charge < -0.3 is 9.52 Å². The van der Waals surface area contributed by atoms with Crippen LogP contribution in [0.3, 0.4) is 0 Å². The van der Waals surface area contributed by atoms with Crippen molar-refractivity contribution in [2.24, 2.45) is 0 Å². The SMILES string of the molecule is O=C(O)c1cccc2nc(Cc3c(F)cccc3Cl)oc12. The van der Waals surface area contributed by atoms with Gasteiger partial charge in [0.05, 0.1) is 6.42 Å². The maximum Gasteiger partial charge on any atom is 0.339 e. The van der Waals surface area contributed by atoms with Gasteiger partial charge in [0, 0.05) is 10.6 Å². The van der Waals surface area contributed by atoms with Crippen LogP contribution in [-0.2, 0) is 6.42 Å². The molecule has 2 aromatic carbocycles. The molecule has 1 N–H and O–H groups in total. The summed E-state index contributed by atoms with van der Waals surface area (Å²) < 4.78 is 19.2. The molecule has 0 aliphatic carbocycles. The van der Waals surface area contributed by atoms with Gasteiger partial charge in [0.25, 0.3) is 0 Å². The highest BCUT2D eigenvalue weighted by molar-refractivity contribution is 6.31. The lowest BCUT2D eigenvalue weighted by Gasteiger charge is -2.02. The zero-order valence-corrected chi connectivity index (χ0v) is 11.4. The summed E-state index contributed by atoms with van der Waals surface area (Å²) in [6, 6.07) is 9.02. The third-order valence-corrected chi connectivity index (χ3v) is 3.43. The Hall–Kier alpha value is -2.40. The smallest absolute Gasteiger partial charge is 0.339 e. The van der Waals surface area contributed by atoms with Gasteiger partial charge in [-0.25, -0.2) is 14.2 Å². The molecule has 0 bridgehead atoms. The van der Waals surface area contributed by atoms with Crippen molar-refractivity contribution in [3.8, 4) is 0 Å². The molecule has 6 heteroatoms. The highest BCUT2D eigenvalue weighted by atomic mass is 35.5. The van der Waals surface area contributed by atoms with Gasteiger partial charge in [0.15, 0.2) is 11.5 Å². The third-order valence-electron chi connectivity index (χ3n) is 3.08. The van der Waals surface area contributed by atoms with E-state index >= 15 is 0 Å². The number of oxazole rings is 1. The minimum Gasteiger partial charge on any atom is -0.478 e. The normalized spacial score (nSPS) is 11.0. The monoisotopic (exact) mass is 305 g/mol. The predicted molar refractivity (Wildman–Crippen MR) is 75.2 cm³/mol. The van der Waals surface area contributed by atoms with Crippen LogP contribution < -0.4 is 0 Å². The van der Waals surface area contributed by atoms with Gasteiger partial charge in [0.2, 0.25) is 0 Å². The number of carboxylic acid groups (broad SMARTS) is 1. The van der Waals surface area contributed by atoms with Crippen LogP contribution in [0.25, 0.3) is 11.1 Å². The zero-order valence-electron chi connectivity index (χ0n) is 10.6. The van der Waals surface area contributed by atoms with Crippen LogP contribution in [0.15, 0.2) is 40.8 Å². The molecular weight excluding hydrogens is 297 g/mol. The number of fused-ring (bicyclic) bond motifs is 1. The van der Waals surface area contributed by atoms with E-state index in [0.29, 0.717) is 5.52 Å². The summed E-state index contributed by atoms with van der Waals surface area (Å²) in [5, 5.41) is 9.37. The first-order valence-electron chi connectivity index (χ1n) is 6.11. The fourth-order valence-corrected chi connectivity index (χ4v) is 2.32. The number of nitrogens with zero attached hydrogens (tertiary/aromatic N) is 1. The molecule has 3 aromatic rings. The Morgan fingerprint density at radius 2 is 2.05 bits per heavy atom. The first-order chi connectivity index (χ1) is 10.1. The molecule has 0 radical (unpaired) electrons. The van der Waals surface area contributed by atoms with Crippen LogP contribution in [0.5, 0.6) is 0 Å². The van der Waals surface area contributed by atoms with E-state index in [2.05, 4.69) is 4.98 Å². The summed E-state index contributed by atoms with van der Waals surface area (Å²) in [6.07, 6.45) is 0.0548. The quantitative estimate of drug-likeness (QED) is 0.797. The summed E-state index contributed by atoms with van der Waals surface area (Å²) in [5.41, 5.74) is 0.873. The molecule has 4 nitrogen and oxygen atoms in total. The van der Waals surface area contributed by atoms with Crippen molar-refractivity contribution in [3.63, 3.8) is 0 Å². The Labute approximate surface area is 123 Å². The minimum absolute atomic E-state index is 0.0193. The molecule has 0 fully saturated rings. The van der Waals surface area contributed by atoms with Crippen LogP contribution in [0.1, 0.15) is 21.8 Å². The topological polar surface area (TPSA) is 63.3 Å². The molecule has 106 valence electrons. The van der Waals surface area contributed by atoms with Gasteiger partial charge in [-0.15, -0.1) is 0 Å². The van der Waals surface area contributed by atoms with Gasteiger partial charge in [-0.3, -0.25) is 0 Å². The molecule has 0 atom stereocenters. The van der Waals surface area contributed by atoms with E-state index in [0.717, 1.165) is 0 Å². The number of halogens is 2. The van der Waals surface area contributed by atoms with Crippen LogP contribution in [0.4, 0.5) is 4.39 Å². The molecule has 0 aliphatic rings. The number of carbonyl (C=O) groups is 1. The van der Waals surface area contributed by atoms with Crippen molar-refractivity contribution in [2.75, 3.05) is 0 Å². The lowest BCUT2D eigenvalue weighted by Crippen LogP contribution is -1.95. The average molecular weight is 306 g/mol. The van der Waals surface area contributed by atoms with Gasteiger partial charge in [-0.1, -0.05) is 23.7 Å². The Morgan fingerprint density at radius 3 is 2.76 bits per heavy atom. The van der Waals surface area contributed by atoms with Crippen molar-refractivity contribution in [2.45, 2.75) is 6.42 Å². The van der Waals surface area contributed by atoms with E-state index in [-0.39, 0.29) is 34.0 Å². The Bertz CT molecular complexity index is 824. The Balaban J connectivity index is 2.06. The van der Waals surface area contributed by atoms with Crippen molar-refractivity contribution in [3.05, 3.63) is 64.3 Å². The summed E-state index contributed by atoms with van der Waals surface area (Å²) in [4.78, 5) is 15.3.